The quantitative estimate of drug-likeness (QED) is 0.817. The molecular weight excluding hydrogens is 222 g/mol. The average Bonchev–Trinajstić information content (AvgIpc) is 2.61. The highest BCUT2D eigenvalue weighted by molar-refractivity contribution is 7.92. The third-order valence-electron chi connectivity index (χ3n) is 2.14. The second-order valence-corrected chi connectivity index (χ2v) is 6.75. The monoisotopic (exact) mass is 233 g/mol. The molecule has 1 atom stereocenters. The smallest absolute Gasteiger partial charge is 0.206 e. The van der Waals surface area contributed by atoms with Gasteiger partial charge in [-0.05, 0) is 19.8 Å². The molecule has 2 heterocycles. The van der Waals surface area contributed by atoms with Gasteiger partial charge >= 0.3 is 0 Å². The lowest BCUT2D eigenvalue weighted by Gasteiger charge is -2.08. The van der Waals surface area contributed by atoms with E-state index in [4.69, 9.17) is 0 Å². The maximum absolute atomic E-state index is 11.5. The molecule has 0 aromatic carbocycles. The molecule has 1 unspecified atom stereocenters. The molecule has 0 saturated carbocycles. The SMILES string of the molecule is Cc1nnc(NC2CCCS2(=O)=O)s1. The van der Waals surface area contributed by atoms with Gasteiger partial charge in [0.2, 0.25) is 5.13 Å². The highest BCUT2D eigenvalue weighted by Gasteiger charge is 2.31. The fraction of sp³-hybridized carbons (Fsp3) is 0.714. The molecule has 1 saturated heterocycles. The highest BCUT2D eigenvalue weighted by Crippen LogP contribution is 2.23. The normalized spacial score (nSPS) is 25.1. The Morgan fingerprint density at radius 1 is 1.50 bits per heavy atom. The molecule has 5 nitrogen and oxygen atoms in total. The first-order chi connectivity index (χ1) is 6.58. The van der Waals surface area contributed by atoms with Crippen LogP contribution in [0.1, 0.15) is 17.8 Å². The van der Waals surface area contributed by atoms with Crippen LogP contribution in [-0.2, 0) is 9.84 Å². The van der Waals surface area contributed by atoms with Crippen LogP contribution in [0.5, 0.6) is 0 Å². The van der Waals surface area contributed by atoms with E-state index in [9.17, 15) is 8.42 Å². The standard InChI is InChI=1S/C7H11N3O2S2/c1-5-9-10-7(13-5)8-6-3-2-4-14(6,11)12/h6H,2-4H2,1H3,(H,8,10). The number of aromatic nitrogens is 2. The summed E-state index contributed by atoms with van der Waals surface area (Å²) < 4.78 is 22.9. The molecule has 2 rings (SSSR count). The number of nitrogens with one attached hydrogen (secondary N) is 1. The largest absolute Gasteiger partial charge is 0.344 e. The van der Waals surface area contributed by atoms with Gasteiger partial charge in [-0.2, -0.15) is 0 Å². The Balaban J connectivity index is 2.12. The zero-order valence-electron chi connectivity index (χ0n) is 7.73. The second kappa shape index (κ2) is 3.47. The first-order valence-corrected chi connectivity index (χ1v) is 6.89. The summed E-state index contributed by atoms with van der Waals surface area (Å²) in [7, 11) is -2.95. The summed E-state index contributed by atoms with van der Waals surface area (Å²) in [5.74, 6) is 0.280. The number of hydrogen-bond acceptors (Lipinski definition) is 6. The number of nitrogens with zero attached hydrogens (tertiary/aromatic N) is 2. The van der Waals surface area contributed by atoms with Crippen LogP contribution in [0.4, 0.5) is 5.13 Å². The Morgan fingerprint density at radius 3 is 2.79 bits per heavy atom. The minimum absolute atomic E-state index is 0.280. The lowest BCUT2D eigenvalue weighted by Crippen LogP contribution is -2.24. The molecule has 1 aliphatic heterocycles. The Hall–Kier alpha value is -0.690. The minimum atomic E-state index is -2.95. The fourth-order valence-corrected chi connectivity index (χ4v) is 3.84. The van der Waals surface area contributed by atoms with Gasteiger partial charge in [0, 0.05) is 0 Å². The molecule has 0 amide bonds. The van der Waals surface area contributed by atoms with Crippen LogP contribution in [0, 0.1) is 6.92 Å². The highest BCUT2D eigenvalue weighted by atomic mass is 32.2. The fourth-order valence-electron chi connectivity index (χ4n) is 1.45. The van der Waals surface area contributed by atoms with E-state index in [-0.39, 0.29) is 5.75 Å². The van der Waals surface area contributed by atoms with Crippen LogP contribution in [0.2, 0.25) is 0 Å². The van der Waals surface area contributed by atoms with Crippen molar-refractivity contribution in [3.63, 3.8) is 0 Å². The van der Waals surface area contributed by atoms with Gasteiger partial charge in [-0.3, -0.25) is 0 Å². The van der Waals surface area contributed by atoms with Gasteiger partial charge in [0.1, 0.15) is 10.4 Å². The molecule has 0 aliphatic carbocycles. The molecule has 78 valence electrons. The van der Waals surface area contributed by atoms with E-state index in [0.717, 1.165) is 11.4 Å². The Kier molecular flexibility index (Phi) is 2.44. The number of sulfone groups is 1. The molecule has 0 bridgehead atoms. The molecule has 1 aliphatic rings. The molecule has 0 radical (unpaired) electrons. The first-order valence-electron chi connectivity index (χ1n) is 4.36. The van der Waals surface area contributed by atoms with E-state index in [1.165, 1.54) is 11.3 Å². The number of aryl methyl sites for hydroxylation is 1. The van der Waals surface area contributed by atoms with Crippen molar-refractivity contribution in [1.82, 2.24) is 10.2 Å². The van der Waals surface area contributed by atoms with E-state index in [1.54, 1.807) is 0 Å². The van der Waals surface area contributed by atoms with E-state index < -0.39 is 15.2 Å². The van der Waals surface area contributed by atoms with Gasteiger partial charge in [-0.15, -0.1) is 10.2 Å². The summed E-state index contributed by atoms with van der Waals surface area (Å²) in [5, 5.41) is 11.5. The van der Waals surface area contributed by atoms with Gasteiger partial charge in [0.25, 0.3) is 0 Å². The van der Waals surface area contributed by atoms with Crippen molar-refractivity contribution in [1.29, 1.82) is 0 Å². The van der Waals surface area contributed by atoms with E-state index in [0.29, 0.717) is 11.6 Å². The maximum Gasteiger partial charge on any atom is 0.206 e. The predicted molar refractivity (Wildman–Crippen MR) is 55.1 cm³/mol. The molecule has 7 heteroatoms. The van der Waals surface area contributed by atoms with Crippen molar-refractivity contribution < 1.29 is 8.42 Å². The van der Waals surface area contributed by atoms with Gasteiger partial charge in [-0.25, -0.2) is 8.42 Å². The third kappa shape index (κ3) is 1.88. The van der Waals surface area contributed by atoms with Crippen LogP contribution in [0.3, 0.4) is 0 Å². The predicted octanol–water partition coefficient (Wildman–Crippen LogP) is 0.793. The van der Waals surface area contributed by atoms with E-state index in [2.05, 4.69) is 15.5 Å². The van der Waals surface area contributed by atoms with E-state index in [1.807, 2.05) is 6.92 Å². The molecule has 1 aromatic heterocycles. The minimum Gasteiger partial charge on any atom is -0.344 e. The average molecular weight is 233 g/mol. The number of hydrogen-bond donors (Lipinski definition) is 1. The maximum atomic E-state index is 11.5. The summed E-state index contributed by atoms with van der Waals surface area (Å²) in [4.78, 5) is 0. The van der Waals surface area contributed by atoms with Crippen molar-refractivity contribution in [3.05, 3.63) is 5.01 Å². The summed E-state index contributed by atoms with van der Waals surface area (Å²) in [6.45, 7) is 1.84. The molecular formula is C7H11N3O2S2. The molecule has 14 heavy (non-hydrogen) atoms. The lowest BCUT2D eigenvalue weighted by atomic mass is 10.3. The van der Waals surface area contributed by atoms with Crippen molar-refractivity contribution in [2.24, 2.45) is 0 Å². The Morgan fingerprint density at radius 2 is 2.29 bits per heavy atom. The summed E-state index contributed by atoms with van der Waals surface area (Å²) >= 11 is 1.38. The topological polar surface area (TPSA) is 72.0 Å². The van der Waals surface area contributed by atoms with Crippen LogP contribution in [0.15, 0.2) is 0 Å². The van der Waals surface area contributed by atoms with E-state index >= 15 is 0 Å². The van der Waals surface area contributed by atoms with Crippen LogP contribution >= 0.6 is 11.3 Å². The summed E-state index contributed by atoms with van der Waals surface area (Å²) in [6.07, 6.45) is 1.40. The van der Waals surface area contributed by atoms with Gasteiger partial charge < -0.3 is 5.32 Å². The van der Waals surface area contributed by atoms with Gasteiger partial charge in [-0.1, -0.05) is 11.3 Å². The van der Waals surface area contributed by atoms with Crippen LogP contribution < -0.4 is 5.32 Å². The van der Waals surface area contributed by atoms with Gasteiger partial charge in [0.05, 0.1) is 5.75 Å². The first kappa shape index (κ1) is 9.85. The number of rotatable bonds is 2. The zero-order chi connectivity index (χ0) is 10.2. The van der Waals surface area contributed by atoms with Crippen molar-refractivity contribution in [2.45, 2.75) is 25.1 Å². The van der Waals surface area contributed by atoms with Crippen molar-refractivity contribution >= 4 is 26.3 Å². The Labute approximate surface area is 86.5 Å². The van der Waals surface area contributed by atoms with Crippen molar-refractivity contribution in [3.8, 4) is 0 Å². The third-order valence-corrected chi connectivity index (χ3v) is 4.99. The molecule has 1 fully saturated rings. The van der Waals surface area contributed by atoms with Crippen LogP contribution in [-0.4, -0.2) is 29.7 Å². The molecule has 1 aromatic rings. The Bertz CT molecular complexity index is 426. The van der Waals surface area contributed by atoms with Crippen molar-refractivity contribution in [2.75, 3.05) is 11.1 Å². The summed E-state index contributed by atoms with van der Waals surface area (Å²) in [6, 6.07) is 0. The second-order valence-electron chi connectivity index (χ2n) is 3.27. The van der Waals surface area contributed by atoms with Crippen LogP contribution in [0.25, 0.3) is 0 Å². The number of anilines is 1. The van der Waals surface area contributed by atoms with Gasteiger partial charge in [0.15, 0.2) is 9.84 Å². The zero-order valence-corrected chi connectivity index (χ0v) is 9.36. The molecule has 1 N–H and O–H groups in total. The lowest BCUT2D eigenvalue weighted by molar-refractivity contribution is 0.594. The molecule has 0 spiro atoms. The summed E-state index contributed by atoms with van der Waals surface area (Å²) in [5.41, 5.74) is 0.